The van der Waals surface area contributed by atoms with E-state index < -0.39 is 5.97 Å². The lowest BCUT2D eigenvalue weighted by atomic mass is 10.1. The molecule has 1 aliphatic rings. The number of thiophene rings is 1. The smallest absolute Gasteiger partial charge is 0.345 e. The van der Waals surface area contributed by atoms with Crippen LogP contribution in [0.3, 0.4) is 0 Å². The molecule has 2 N–H and O–H groups in total. The zero-order chi connectivity index (χ0) is 13.4. The van der Waals surface area contributed by atoms with Crippen molar-refractivity contribution in [1.82, 2.24) is 0 Å². The molecule has 0 bridgehead atoms. The highest BCUT2D eigenvalue weighted by Crippen LogP contribution is 2.37. The summed E-state index contributed by atoms with van der Waals surface area (Å²) in [6, 6.07) is 7.42. The Bertz CT molecular complexity index is 705. The van der Waals surface area contributed by atoms with E-state index in [4.69, 9.17) is 10.2 Å². The Hall–Kier alpha value is -1.83. The number of fused-ring (bicyclic) bond motifs is 1. The van der Waals surface area contributed by atoms with Gasteiger partial charge in [-0.05, 0) is 35.9 Å². The molecule has 0 saturated heterocycles. The van der Waals surface area contributed by atoms with Crippen molar-refractivity contribution < 1.29 is 15.0 Å². The molecule has 3 rings (SSSR count). The maximum Gasteiger partial charge on any atom is 0.345 e. The second-order valence-corrected chi connectivity index (χ2v) is 5.81. The SMILES string of the molecule is O=C(O)c1cc2ccc(C#C[C@H]3CC3CO)cc2s1. The minimum Gasteiger partial charge on any atom is -0.477 e. The van der Waals surface area contributed by atoms with Crippen molar-refractivity contribution in [2.24, 2.45) is 11.8 Å². The Morgan fingerprint density at radius 3 is 2.95 bits per heavy atom. The molecule has 19 heavy (non-hydrogen) atoms. The van der Waals surface area contributed by atoms with Gasteiger partial charge in [-0.2, -0.15) is 0 Å². The van der Waals surface area contributed by atoms with E-state index in [1.807, 2.05) is 18.2 Å². The van der Waals surface area contributed by atoms with Crippen LogP contribution >= 0.6 is 11.3 Å². The van der Waals surface area contributed by atoms with Gasteiger partial charge in [0, 0.05) is 22.8 Å². The van der Waals surface area contributed by atoms with Gasteiger partial charge in [0.15, 0.2) is 0 Å². The quantitative estimate of drug-likeness (QED) is 0.826. The Morgan fingerprint density at radius 2 is 2.26 bits per heavy atom. The van der Waals surface area contributed by atoms with Crippen LogP contribution in [0.4, 0.5) is 0 Å². The fourth-order valence-corrected chi connectivity index (χ4v) is 2.96. The van der Waals surface area contributed by atoms with Crippen molar-refractivity contribution in [2.75, 3.05) is 6.61 Å². The van der Waals surface area contributed by atoms with E-state index in [0.29, 0.717) is 16.7 Å². The van der Waals surface area contributed by atoms with Crippen LogP contribution in [0.5, 0.6) is 0 Å². The van der Waals surface area contributed by atoms with E-state index in [1.165, 1.54) is 11.3 Å². The van der Waals surface area contributed by atoms with Crippen molar-refractivity contribution in [3.8, 4) is 11.8 Å². The molecule has 1 heterocycles. The average molecular weight is 272 g/mol. The van der Waals surface area contributed by atoms with Crippen molar-refractivity contribution in [3.63, 3.8) is 0 Å². The fourth-order valence-electron chi connectivity index (χ4n) is 2.02. The van der Waals surface area contributed by atoms with Crippen molar-refractivity contribution in [3.05, 3.63) is 34.7 Å². The molecule has 0 spiro atoms. The highest BCUT2D eigenvalue weighted by Gasteiger charge is 2.34. The fraction of sp³-hybridized carbons (Fsp3) is 0.267. The lowest BCUT2D eigenvalue weighted by Gasteiger charge is -1.91. The van der Waals surface area contributed by atoms with Gasteiger partial charge >= 0.3 is 5.97 Å². The van der Waals surface area contributed by atoms with Crippen LogP contribution in [-0.4, -0.2) is 22.8 Å². The third kappa shape index (κ3) is 2.48. The Balaban J connectivity index is 1.87. The van der Waals surface area contributed by atoms with Crippen LogP contribution < -0.4 is 0 Å². The van der Waals surface area contributed by atoms with E-state index in [9.17, 15) is 4.79 Å². The van der Waals surface area contributed by atoms with Gasteiger partial charge in [0.25, 0.3) is 0 Å². The summed E-state index contributed by atoms with van der Waals surface area (Å²) in [6.07, 6.45) is 0.980. The summed E-state index contributed by atoms with van der Waals surface area (Å²) >= 11 is 1.27. The van der Waals surface area contributed by atoms with Crippen molar-refractivity contribution in [2.45, 2.75) is 6.42 Å². The summed E-state index contributed by atoms with van der Waals surface area (Å²) in [5.74, 6) is 6.02. The molecule has 2 aromatic rings. The number of hydrogen-bond acceptors (Lipinski definition) is 3. The van der Waals surface area contributed by atoms with Crippen LogP contribution in [0.15, 0.2) is 24.3 Å². The predicted molar refractivity (Wildman–Crippen MR) is 74.3 cm³/mol. The first kappa shape index (κ1) is 12.2. The first-order chi connectivity index (χ1) is 9.17. The Labute approximate surface area is 114 Å². The van der Waals surface area contributed by atoms with Gasteiger partial charge in [0.2, 0.25) is 0 Å². The normalized spacial score (nSPS) is 20.9. The van der Waals surface area contributed by atoms with Gasteiger partial charge in [-0.25, -0.2) is 4.79 Å². The summed E-state index contributed by atoms with van der Waals surface area (Å²) in [5.41, 5.74) is 0.898. The number of carbonyl (C=O) groups is 1. The lowest BCUT2D eigenvalue weighted by molar-refractivity contribution is 0.0702. The van der Waals surface area contributed by atoms with E-state index in [-0.39, 0.29) is 6.61 Å². The Kier molecular flexibility index (Phi) is 3.02. The molecule has 4 heteroatoms. The van der Waals surface area contributed by atoms with Crippen molar-refractivity contribution in [1.29, 1.82) is 0 Å². The molecular weight excluding hydrogens is 260 g/mol. The second-order valence-electron chi connectivity index (χ2n) is 4.72. The number of carboxylic acid groups (broad SMARTS) is 1. The number of aliphatic hydroxyl groups is 1. The van der Waals surface area contributed by atoms with E-state index in [1.54, 1.807) is 6.07 Å². The standard InChI is InChI=1S/C15H12O3S/c16-8-12-6-10(12)3-1-9-2-4-11-7-14(15(17)18)19-13(11)5-9/h2,4-5,7,10,12,16H,6,8H2,(H,17,18)/t10-,12?/m0/s1. The first-order valence-electron chi connectivity index (χ1n) is 6.06. The Morgan fingerprint density at radius 1 is 1.42 bits per heavy atom. The molecule has 1 aromatic heterocycles. The zero-order valence-electron chi connectivity index (χ0n) is 10.1. The summed E-state index contributed by atoms with van der Waals surface area (Å²) in [4.78, 5) is 11.3. The topological polar surface area (TPSA) is 57.5 Å². The number of rotatable bonds is 2. The molecule has 1 saturated carbocycles. The van der Waals surface area contributed by atoms with Gasteiger partial charge in [0.05, 0.1) is 0 Å². The summed E-state index contributed by atoms with van der Waals surface area (Å²) in [6.45, 7) is 0.214. The van der Waals surface area contributed by atoms with Crippen LogP contribution in [-0.2, 0) is 0 Å². The van der Waals surface area contributed by atoms with Gasteiger partial charge < -0.3 is 10.2 Å². The summed E-state index contributed by atoms with van der Waals surface area (Å²) in [5, 5.41) is 18.8. The van der Waals surface area contributed by atoms with Gasteiger partial charge in [-0.1, -0.05) is 17.9 Å². The molecule has 3 nitrogen and oxygen atoms in total. The molecule has 0 radical (unpaired) electrons. The molecule has 1 aromatic carbocycles. The zero-order valence-corrected chi connectivity index (χ0v) is 10.9. The van der Waals surface area contributed by atoms with E-state index >= 15 is 0 Å². The molecule has 0 amide bonds. The van der Waals surface area contributed by atoms with Gasteiger partial charge in [-0.15, -0.1) is 11.3 Å². The number of benzene rings is 1. The largest absolute Gasteiger partial charge is 0.477 e. The number of hydrogen-bond donors (Lipinski definition) is 2. The maximum absolute atomic E-state index is 10.9. The number of aromatic carboxylic acids is 1. The minimum absolute atomic E-state index is 0.214. The second kappa shape index (κ2) is 4.69. The molecule has 96 valence electrons. The molecule has 0 aliphatic heterocycles. The van der Waals surface area contributed by atoms with Gasteiger partial charge in [-0.3, -0.25) is 0 Å². The molecule has 1 fully saturated rings. The first-order valence-corrected chi connectivity index (χ1v) is 6.88. The third-order valence-corrected chi connectivity index (χ3v) is 4.38. The summed E-state index contributed by atoms with van der Waals surface area (Å²) in [7, 11) is 0. The minimum atomic E-state index is -0.891. The number of carboxylic acids is 1. The lowest BCUT2D eigenvalue weighted by Crippen LogP contribution is -1.89. The van der Waals surface area contributed by atoms with Gasteiger partial charge in [0.1, 0.15) is 4.88 Å². The van der Waals surface area contributed by atoms with E-state index in [2.05, 4.69) is 11.8 Å². The molecular formula is C15H12O3S. The van der Waals surface area contributed by atoms with Crippen LogP contribution in [0, 0.1) is 23.7 Å². The van der Waals surface area contributed by atoms with E-state index in [0.717, 1.165) is 22.1 Å². The average Bonchev–Trinajstić information content (AvgIpc) is 3.03. The maximum atomic E-state index is 10.9. The molecule has 1 unspecified atom stereocenters. The number of aliphatic hydroxyl groups excluding tert-OH is 1. The third-order valence-electron chi connectivity index (χ3n) is 3.29. The van der Waals surface area contributed by atoms with Crippen LogP contribution in [0.25, 0.3) is 10.1 Å². The highest BCUT2D eigenvalue weighted by atomic mass is 32.1. The van der Waals surface area contributed by atoms with Crippen LogP contribution in [0.1, 0.15) is 21.7 Å². The highest BCUT2D eigenvalue weighted by molar-refractivity contribution is 7.20. The van der Waals surface area contributed by atoms with Crippen molar-refractivity contribution >= 4 is 27.4 Å². The molecule has 1 aliphatic carbocycles. The van der Waals surface area contributed by atoms with Crippen LogP contribution in [0.2, 0.25) is 0 Å². The molecule has 2 atom stereocenters. The summed E-state index contributed by atoms with van der Waals surface area (Å²) < 4.78 is 0.943. The predicted octanol–water partition coefficient (Wildman–Crippen LogP) is 2.58. The monoisotopic (exact) mass is 272 g/mol.